The summed E-state index contributed by atoms with van der Waals surface area (Å²) >= 11 is 1.57. The number of nitrogens with one attached hydrogen (secondary N) is 1. The molecule has 2 amide bonds. The Morgan fingerprint density at radius 3 is 2.85 bits per heavy atom. The van der Waals surface area contributed by atoms with E-state index in [4.69, 9.17) is 5.73 Å². The number of halogens is 1. The zero-order chi connectivity index (χ0) is 18.8. The molecule has 1 aliphatic rings. The third-order valence-electron chi connectivity index (χ3n) is 4.41. The number of rotatable bonds is 3. The second-order valence-electron chi connectivity index (χ2n) is 6.23. The second-order valence-corrected chi connectivity index (χ2v) is 7.18. The number of carbonyl (C=O) groups excluding carboxylic acids is 1. The molecular formula is C18H17FN6OS. The minimum atomic E-state index is -0.474. The van der Waals surface area contributed by atoms with E-state index in [0.717, 1.165) is 29.4 Å². The Labute approximate surface area is 159 Å². The van der Waals surface area contributed by atoms with E-state index in [1.54, 1.807) is 22.3 Å². The van der Waals surface area contributed by atoms with E-state index in [2.05, 4.69) is 20.3 Å². The molecule has 3 N–H and O–H groups in total. The Balaban J connectivity index is 1.45. The summed E-state index contributed by atoms with van der Waals surface area (Å²) in [5.74, 6) is 0.397. The average Bonchev–Trinajstić information content (AvgIpc) is 3.36. The van der Waals surface area contributed by atoms with Gasteiger partial charge in [0.25, 0.3) is 0 Å². The molecule has 0 bridgehead atoms. The molecule has 3 aromatic rings. The number of amides is 2. The van der Waals surface area contributed by atoms with Crippen molar-refractivity contribution in [1.82, 2.24) is 19.9 Å². The highest BCUT2D eigenvalue weighted by atomic mass is 32.1. The van der Waals surface area contributed by atoms with Crippen molar-refractivity contribution in [3.8, 4) is 10.6 Å². The van der Waals surface area contributed by atoms with E-state index in [9.17, 15) is 9.18 Å². The number of carbonyl (C=O) groups is 1. The molecule has 0 aliphatic carbocycles. The molecule has 3 aromatic heterocycles. The predicted molar refractivity (Wildman–Crippen MR) is 102 cm³/mol. The highest BCUT2D eigenvalue weighted by Gasteiger charge is 2.29. The monoisotopic (exact) mass is 384 g/mol. The Morgan fingerprint density at radius 1 is 1.30 bits per heavy atom. The quantitative estimate of drug-likeness (QED) is 0.722. The van der Waals surface area contributed by atoms with Gasteiger partial charge in [0, 0.05) is 19.0 Å². The van der Waals surface area contributed by atoms with Gasteiger partial charge in [0.2, 0.25) is 0 Å². The smallest absolute Gasteiger partial charge is 0.323 e. The lowest BCUT2D eigenvalue weighted by Crippen LogP contribution is -2.33. The van der Waals surface area contributed by atoms with Crippen LogP contribution in [0.3, 0.4) is 0 Å². The zero-order valence-corrected chi connectivity index (χ0v) is 15.1. The largest absolute Gasteiger partial charge is 0.396 e. The topological polar surface area (TPSA) is 97.0 Å². The van der Waals surface area contributed by atoms with Crippen LogP contribution in [-0.2, 0) is 0 Å². The number of nitrogens with zero attached hydrogens (tertiary/aromatic N) is 4. The SMILES string of the molecule is Nc1ccc(-c2cccs2)nc1NC(=O)N1CCC(c2ncc(F)cn2)C1. The maximum Gasteiger partial charge on any atom is 0.323 e. The standard InChI is InChI=1S/C18H17FN6OS/c19-12-8-21-16(22-9-12)11-5-6-25(10-11)18(26)24-17-13(20)3-4-14(23-17)15-2-1-7-27-15/h1-4,7-9,11H,5-6,10,20H2,(H,23,24,26). The van der Waals surface area contributed by atoms with Gasteiger partial charge < -0.3 is 10.6 Å². The number of hydrogen-bond donors (Lipinski definition) is 2. The lowest BCUT2D eigenvalue weighted by Gasteiger charge is -2.17. The predicted octanol–water partition coefficient (Wildman–Crippen LogP) is 3.34. The number of pyridine rings is 1. The van der Waals surface area contributed by atoms with Gasteiger partial charge in [-0.1, -0.05) is 6.07 Å². The molecule has 1 unspecified atom stereocenters. The minimum absolute atomic E-state index is 0.0147. The van der Waals surface area contributed by atoms with Crippen molar-refractivity contribution in [2.75, 3.05) is 24.1 Å². The summed E-state index contributed by atoms with van der Waals surface area (Å²) < 4.78 is 13.0. The van der Waals surface area contributed by atoms with Crippen LogP contribution in [0, 0.1) is 5.82 Å². The number of anilines is 2. The molecule has 4 heterocycles. The summed E-state index contributed by atoms with van der Waals surface area (Å²) in [6.45, 7) is 1.02. The van der Waals surface area contributed by atoms with Gasteiger partial charge in [0.1, 0.15) is 5.82 Å². The molecule has 1 atom stereocenters. The number of nitrogen functional groups attached to an aromatic ring is 1. The summed E-state index contributed by atoms with van der Waals surface area (Å²) in [7, 11) is 0. The van der Waals surface area contributed by atoms with E-state index in [1.165, 1.54) is 0 Å². The van der Waals surface area contributed by atoms with Gasteiger partial charge >= 0.3 is 6.03 Å². The molecule has 1 saturated heterocycles. The van der Waals surface area contributed by atoms with Crippen LogP contribution in [0.5, 0.6) is 0 Å². The van der Waals surface area contributed by atoms with Gasteiger partial charge in [-0.15, -0.1) is 11.3 Å². The van der Waals surface area contributed by atoms with Crippen LogP contribution in [0.4, 0.5) is 20.7 Å². The summed E-state index contributed by atoms with van der Waals surface area (Å²) in [6, 6.07) is 7.19. The lowest BCUT2D eigenvalue weighted by molar-refractivity contribution is 0.222. The van der Waals surface area contributed by atoms with Crippen LogP contribution in [-0.4, -0.2) is 39.0 Å². The number of hydrogen-bond acceptors (Lipinski definition) is 6. The number of likely N-dealkylation sites (tertiary alicyclic amines) is 1. The Kier molecular flexibility index (Phi) is 4.68. The van der Waals surface area contributed by atoms with Gasteiger partial charge in [0.15, 0.2) is 11.6 Å². The van der Waals surface area contributed by atoms with E-state index in [0.29, 0.717) is 30.4 Å². The number of nitrogens with two attached hydrogens (primary N) is 1. The van der Waals surface area contributed by atoms with Crippen LogP contribution < -0.4 is 11.1 Å². The first-order valence-electron chi connectivity index (χ1n) is 8.44. The fourth-order valence-electron chi connectivity index (χ4n) is 3.00. The first kappa shape index (κ1) is 17.3. The molecule has 7 nitrogen and oxygen atoms in total. The molecule has 4 rings (SSSR count). The first-order chi connectivity index (χ1) is 13.1. The number of thiophene rings is 1. The Bertz CT molecular complexity index is 947. The number of aromatic nitrogens is 3. The summed E-state index contributed by atoms with van der Waals surface area (Å²) in [5, 5.41) is 4.76. The Hall–Kier alpha value is -3.07. The number of urea groups is 1. The maximum absolute atomic E-state index is 13.0. The summed E-state index contributed by atoms with van der Waals surface area (Å²) in [6.07, 6.45) is 3.01. The highest BCUT2D eigenvalue weighted by molar-refractivity contribution is 7.13. The molecule has 9 heteroatoms. The second kappa shape index (κ2) is 7.28. The lowest BCUT2D eigenvalue weighted by atomic mass is 10.1. The third kappa shape index (κ3) is 3.72. The van der Waals surface area contributed by atoms with E-state index in [-0.39, 0.29) is 11.9 Å². The van der Waals surface area contributed by atoms with Crippen LogP contribution in [0.25, 0.3) is 10.6 Å². The van der Waals surface area contributed by atoms with Crippen LogP contribution >= 0.6 is 11.3 Å². The average molecular weight is 384 g/mol. The highest BCUT2D eigenvalue weighted by Crippen LogP contribution is 2.28. The van der Waals surface area contributed by atoms with Gasteiger partial charge in [-0.3, -0.25) is 5.32 Å². The van der Waals surface area contributed by atoms with Crippen LogP contribution in [0.15, 0.2) is 42.0 Å². The molecule has 27 heavy (non-hydrogen) atoms. The van der Waals surface area contributed by atoms with Crippen LogP contribution in [0.2, 0.25) is 0 Å². The van der Waals surface area contributed by atoms with E-state index in [1.807, 2.05) is 23.6 Å². The molecular weight excluding hydrogens is 367 g/mol. The van der Waals surface area contributed by atoms with Crippen molar-refractivity contribution in [3.63, 3.8) is 0 Å². The van der Waals surface area contributed by atoms with Crippen molar-refractivity contribution in [3.05, 3.63) is 53.7 Å². The Morgan fingerprint density at radius 2 is 2.11 bits per heavy atom. The zero-order valence-electron chi connectivity index (χ0n) is 14.3. The van der Waals surface area contributed by atoms with Gasteiger partial charge in [-0.2, -0.15) is 0 Å². The fourth-order valence-corrected chi connectivity index (χ4v) is 3.70. The van der Waals surface area contributed by atoms with E-state index >= 15 is 0 Å². The van der Waals surface area contributed by atoms with E-state index < -0.39 is 5.82 Å². The van der Waals surface area contributed by atoms with Crippen molar-refractivity contribution in [2.45, 2.75) is 12.3 Å². The molecule has 1 aliphatic heterocycles. The van der Waals surface area contributed by atoms with Crippen LogP contribution in [0.1, 0.15) is 18.2 Å². The third-order valence-corrected chi connectivity index (χ3v) is 5.30. The van der Waals surface area contributed by atoms with Gasteiger partial charge in [-0.05, 0) is 30.0 Å². The normalized spacial score (nSPS) is 16.5. The first-order valence-corrected chi connectivity index (χ1v) is 9.32. The summed E-state index contributed by atoms with van der Waals surface area (Å²) in [5.41, 5.74) is 7.14. The van der Waals surface area contributed by atoms with Crippen molar-refractivity contribution in [1.29, 1.82) is 0 Å². The van der Waals surface area contributed by atoms with Crippen molar-refractivity contribution in [2.24, 2.45) is 0 Å². The molecule has 0 aromatic carbocycles. The molecule has 0 saturated carbocycles. The molecule has 0 spiro atoms. The molecule has 138 valence electrons. The minimum Gasteiger partial charge on any atom is -0.396 e. The summed E-state index contributed by atoms with van der Waals surface area (Å²) in [4.78, 5) is 27.8. The molecule has 1 fully saturated rings. The van der Waals surface area contributed by atoms with Crippen molar-refractivity contribution >= 4 is 28.9 Å². The van der Waals surface area contributed by atoms with Gasteiger partial charge in [0.05, 0.1) is 28.7 Å². The van der Waals surface area contributed by atoms with Crippen molar-refractivity contribution < 1.29 is 9.18 Å². The maximum atomic E-state index is 13.0. The fraction of sp³-hybridized carbons (Fsp3) is 0.222. The van der Waals surface area contributed by atoms with Gasteiger partial charge in [-0.25, -0.2) is 24.1 Å². The molecule has 0 radical (unpaired) electrons.